The Morgan fingerprint density at radius 1 is 0.912 bits per heavy atom. The average Bonchev–Trinajstić information content (AvgIpc) is 3.94. The predicted octanol–water partition coefficient (Wildman–Crippen LogP) is 7.16. The molecule has 0 bridgehead atoms. The number of nitrogens with one attached hydrogen (secondary N) is 3. The molecule has 1 amide bonds. The van der Waals surface area contributed by atoms with Gasteiger partial charge in [-0.3, -0.25) is 4.79 Å². The molecule has 4 heterocycles. The summed E-state index contributed by atoms with van der Waals surface area (Å²) in [5.41, 5.74) is 15.6. The molecular formula is C43H52N10O2S2. The van der Waals surface area contributed by atoms with Gasteiger partial charge in [0, 0.05) is 78.1 Å². The van der Waals surface area contributed by atoms with Crippen LogP contribution in [0.25, 0.3) is 43.4 Å². The fourth-order valence-corrected chi connectivity index (χ4v) is 8.51. The third-order valence-electron chi connectivity index (χ3n) is 9.79. The van der Waals surface area contributed by atoms with Gasteiger partial charge in [0.1, 0.15) is 0 Å². The van der Waals surface area contributed by atoms with Crippen molar-refractivity contribution in [2.75, 3.05) is 50.5 Å². The molecule has 14 heteroatoms. The Balaban J connectivity index is 0.811. The molecule has 0 spiro atoms. The van der Waals surface area contributed by atoms with Crippen molar-refractivity contribution in [3.05, 3.63) is 94.4 Å². The highest BCUT2D eigenvalue weighted by atomic mass is 32.2. The normalized spacial score (nSPS) is 11.6. The number of hydrogen-bond acceptors (Lipinski definition) is 11. The minimum absolute atomic E-state index is 0.0167. The van der Waals surface area contributed by atoms with E-state index in [1.807, 2.05) is 0 Å². The number of carbonyl (C=O) groups is 1. The number of benzene rings is 3. The summed E-state index contributed by atoms with van der Waals surface area (Å²) in [7, 11) is 0. The molecule has 0 atom stereocenters. The van der Waals surface area contributed by atoms with E-state index >= 15 is 0 Å². The SMILES string of the molecule is CCCSc1nc(NCCN)c2nnn(Cc3ccc(CCC(=O)NCCOCCNCc4ccc5c(c4)c4ccc(-c6cc(C)cs6)cc4n5CC)cc3)c2n1. The minimum Gasteiger partial charge on any atom is -0.378 e. The van der Waals surface area contributed by atoms with E-state index in [0.717, 1.165) is 42.9 Å². The van der Waals surface area contributed by atoms with Crippen LogP contribution >= 0.6 is 23.1 Å². The van der Waals surface area contributed by atoms with Gasteiger partial charge in [0.05, 0.1) is 19.8 Å². The molecule has 0 aliphatic heterocycles. The summed E-state index contributed by atoms with van der Waals surface area (Å²) in [5, 5.41) is 24.0. The predicted molar refractivity (Wildman–Crippen MR) is 234 cm³/mol. The second-order valence-corrected chi connectivity index (χ2v) is 16.1. The van der Waals surface area contributed by atoms with Gasteiger partial charge in [0.15, 0.2) is 22.1 Å². The Labute approximate surface area is 342 Å². The molecule has 0 saturated heterocycles. The monoisotopic (exact) mass is 804 g/mol. The fraction of sp³-hybridized carbons (Fsp3) is 0.372. The first-order valence-corrected chi connectivity index (χ1v) is 21.7. The average molecular weight is 805 g/mol. The summed E-state index contributed by atoms with van der Waals surface area (Å²) >= 11 is 3.42. The van der Waals surface area contributed by atoms with Crippen molar-refractivity contribution < 1.29 is 9.53 Å². The topological polar surface area (TPSA) is 150 Å². The van der Waals surface area contributed by atoms with Crippen LogP contribution in [0.4, 0.5) is 5.82 Å². The summed E-state index contributed by atoms with van der Waals surface area (Å²) in [6.45, 7) is 12.1. The molecular weight excluding hydrogens is 753 g/mol. The zero-order valence-corrected chi connectivity index (χ0v) is 34.6. The molecule has 57 heavy (non-hydrogen) atoms. The molecule has 0 aliphatic rings. The van der Waals surface area contributed by atoms with Gasteiger partial charge >= 0.3 is 0 Å². The van der Waals surface area contributed by atoms with E-state index in [2.05, 4.69) is 129 Å². The van der Waals surface area contributed by atoms with Crippen LogP contribution in [0.2, 0.25) is 0 Å². The van der Waals surface area contributed by atoms with Gasteiger partial charge in [-0.2, -0.15) is 0 Å². The number of fused-ring (bicyclic) bond motifs is 4. The molecule has 7 rings (SSSR count). The first-order chi connectivity index (χ1) is 27.9. The van der Waals surface area contributed by atoms with Crippen LogP contribution in [0.5, 0.6) is 0 Å². The van der Waals surface area contributed by atoms with Crippen LogP contribution < -0.4 is 21.7 Å². The lowest BCUT2D eigenvalue weighted by molar-refractivity contribution is -0.121. The third kappa shape index (κ3) is 10.00. The van der Waals surface area contributed by atoms with Gasteiger partial charge in [-0.15, -0.1) is 16.4 Å². The lowest BCUT2D eigenvalue weighted by Gasteiger charge is -2.09. The number of aromatic nitrogens is 6. The number of hydrogen-bond donors (Lipinski definition) is 4. The smallest absolute Gasteiger partial charge is 0.220 e. The lowest BCUT2D eigenvalue weighted by atomic mass is 10.1. The van der Waals surface area contributed by atoms with Crippen LogP contribution in [0.15, 0.2) is 77.3 Å². The standard InChI is InChI=1S/C43H52N10O2S2/c1-4-22-56-43-48-41(47-17-16-44)40-42(49-43)53(51-50-40)27-31-8-6-30(7-9-31)11-15-39(54)46-19-21-55-20-18-45-26-32-10-14-36-35(24-32)34-13-12-33(25-37(34)52(36)5-2)38-23-29(3)28-57-38/h6-10,12-14,23-25,28,45H,4-5,11,15-22,26-27,44H2,1-3H3,(H,46,54)(H,47,48,49). The molecule has 0 radical (unpaired) electrons. The number of thiophene rings is 1. The molecule has 298 valence electrons. The third-order valence-corrected chi connectivity index (χ3v) is 11.9. The second kappa shape index (κ2) is 19.5. The van der Waals surface area contributed by atoms with Gasteiger partial charge in [-0.25, -0.2) is 14.6 Å². The highest BCUT2D eigenvalue weighted by molar-refractivity contribution is 7.99. The molecule has 5 N–H and O–H groups in total. The van der Waals surface area contributed by atoms with E-state index in [9.17, 15) is 4.79 Å². The number of aryl methyl sites for hydroxylation is 3. The number of anilines is 1. The Morgan fingerprint density at radius 2 is 1.74 bits per heavy atom. The van der Waals surface area contributed by atoms with Gasteiger partial charge in [0.2, 0.25) is 5.91 Å². The quantitative estimate of drug-likeness (QED) is 0.0335. The highest BCUT2D eigenvalue weighted by Gasteiger charge is 2.16. The molecule has 3 aromatic carbocycles. The zero-order chi connectivity index (χ0) is 39.6. The minimum atomic E-state index is 0.0167. The molecule has 7 aromatic rings. The highest BCUT2D eigenvalue weighted by Crippen LogP contribution is 2.35. The van der Waals surface area contributed by atoms with Crippen LogP contribution in [0, 0.1) is 6.92 Å². The maximum absolute atomic E-state index is 12.6. The lowest BCUT2D eigenvalue weighted by Crippen LogP contribution is -2.28. The number of nitrogens with two attached hydrogens (primary N) is 1. The first-order valence-electron chi connectivity index (χ1n) is 19.8. The maximum Gasteiger partial charge on any atom is 0.220 e. The van der Waals surface area contributed by atoms with Crippen molar-refractivity contribution in [1.29, 1.82) is 0 Å². The molecule has 0 saturated carbocycles. The van der Waals surface area contributed by atoms with Gasteiger partial charge in [-0.05, 0) is 84.2 Å². The van der Waals surface area contributed by atoms with E-state index in [4.69, 9.17) is 15.5 Å². The largest absolute Gasteiger partial charge is 0.378 e. The van der Waals surface area contributed by atoms with E-state index in [0.29, 0.717) is 74.4 Å². The molecule has 12 nitrogen and oxygen atoms in total. The number of amides is 1. The van der Waals surface area contributed by atoms with Crippen LogP contribution in [-0.4, -0.2) is 80.6 Å². The molecule has 0 unspecified atom stereocenters. The molecule has 0 aliphatic carbocycles. The summed E-state index contributed by atoms with van der Waals surface area (Å²) in [6.07, 6.45) is 2.10. The fourth-order valence-electron chi connectivity index (χ4n) is 6.92. The number of thioether (sulfide) groups is 1. The van der Waals surface area contributed by atoms with Crippen molar-refractivity contribution in [2.24, 2.45) is 5.73 Å². The Kier molecular flexibility index (Phi) is 13.8. The Morgan fingerprint density at radius 3 is 2.53 bits per heavy atom. The molecule has 4 aromatic heterocycles. The number of nitrogens with zero attached hydrogens (tertiary/aromatic N) is 6. The van der Waals surface area contributed by atoms with E-state index < -0.39 is 0 Å². The Bertz CT molecular complexity index is 2420. The second-order valence-electron chi connectivity index (χ2n) is 14.1. The van der Waals surface area contributed by atoms with Gasteiger partial charge in [0.25, 0.3) is 0 Å². The summed E-state index contributed by atoms with van der Waals surface area (Å²) < 4.78 is 10.0. The van der Waals surface area contributed by atoms with E-state index in [1.165, 1.54) is 43.4 Å². The van der Waals surface area contributed by atoms with Crippen LogP contribution in [0.3, 0.4) is 0 Å². The van der Waals surface area contributed by atoms with Crippen molar-refractivity contribution in [3.8, 4) is 10.4 Å². The molecule has 0 fully saturated rings. The van der Waals surface area contributed by atoms with Crippen LogP contribution in [-0.2, 0) is 35.6 Å². The summed E-state index contributed by atoms with van der Waals surface area (Å²) in [4.78, 5) is 23.3. The zero-order valence-electron chi connectivity index (χ0n) is 33.0. The Hall–Kier alpha value is -4.86. The maximum atomic E-state index is 12.6. The summed E-state index contributed by atoms with van der Waals surface area (Å²) in [6, 6.07) is 24.2. The number of carbonyl (C=O) groups excluding carboxylic acids is 1. The number of rotatable bonds is 21. The van der Waals surface area contributed by atoms with Gasteiger partial charge in [-0.1, -0.05) is 66.4 Å². The van der Waals surface area contributed by atoms with Crippen LogP contribution in [0.1, 0.15) is 48.9 Å². The van der Waals surface area contributed by atoms with E-state index in [1.54, 1.807) is 27.8 Å². The van der Waals surface area contributed by atoms with Crippen molar-refractivity contribution in [1.82, 2.24) is 40.2 Å². The first kappa shape index (κ1) is 40.3. The van der Waals surface area contributed by atoms with Crippen molar-refractivity contribution in [3.63, 3.8) is 0 Å². The van der Waals surface area contributed by atoms with Gasteiger partial charge < -0.3 is 31.0 Å². The number of ether oxygens (including phenoxy) is 1. The van der Waals surface area contributed by atoms with Crippen molar-refractivity contribution >= 4 is 67.8 Å². The van der Waals surface area contributed by atoms with E-state index in [-0.39, 0.29) is 5.91 Å². The summed E-state index contributed by atoms with van der Waals surface area (Å²) in [5.74, 6) is 1.60. The van der Waals surface area contributed by atoms with Crippen molar-refractivity contribution in [2.45, 2.75) is 64.8 Å².